The van der Waals surface area contributed by atoms with Crippen LogP contribution in [0.1, 0.15) is 20.3 Å². The van der Waals surface area contributed by atoms with Crippen LogP contribution in [0.5, 0.6) is 5.75 Å². The van der Waals surface area contributed by atoms with Crippen LogP contribution in [0.4, 0.5) is 5.69 Å². The van der Waals surface area contributed by atoms with Gasteiger partial charge in [-0.05, 0) is 38.1 Å². The molecule has 4 nitrogen and oxygen atoms in total. The minimum atomic E-state index is -0.320. The summed E-state index contributed by atoms with van der Waals surface area (Å²) >= 11 is 0. The molecule has 0 aliphatic heterocycles. The third kappa shape index (κ3) is 4.27. The van der Waals surface area contributed by atoms with E-state index in [9.17, 15) is 0 Å². The summed E-state index contributed by atoms with van der Waals surface area (Å²) in [7, 11) is 3.28. The summed E-state index contributed by atoms with van der Waals surface area (Å²) in [5, 5.41) is 12.3. The fraction of sp³-hybridized carbons (Fsp3) is 0.500. The molecule has 1 rings (SSSR count). The topological polar surface area (TPSA) is 54.3 Å². The van der Waals surface area contributed by atoms with Crippen LogP contribution in [0.15, 0.2) is 24.3 Å². The molecule has 0 aliphatic rings. The van der Waals surface area contributed by atoms with Gasteiger partial charge in [0.1, 0.15) is 11.8 Å². The summed E-state index contributed by atoms with van der Waals surface area (Å²) in [4.78, 5) is 0. The summed E-state index contributed by atoms with van der Waals surface area (Å²) in [6, 6.07) is 9.47. The van der Waals surface area contributed by atoms with Crippen molar-refractivity contribution >= 4 is 5.69 Å². The molecule has 0 radical (unpaired) electrons. The number of nitriles is 1. The van der Waals surface area contributed by atoms with Gasteiger partial charge in [-0.2, -0.15) is 5.26 Å². The van der Waals surface area contributed by atoms with Crippen LogP contribution in [-0.2, 0) is 4.74 Å². The first-order valence-corrected chi connectivity index (χ1v) is 5.86. The molecule has 1 unspecified atom stereocenters. The minimum Gasteiger partial charge on any atom is -0.497 e. The van der Waals surface area contributed by atoms with Gasteiger partial charge in [0.25, 0.3) is 0 Å². The third-order valence-corrected chi connectivity index (χ3v) is 2.84. The Bertz CT molecular complexity index is 407. The van der Waals surface area contributed by atoms with Crippen LogP contribution in [0.3, 0.4) is 0 Å². The van der Waals surface area contributed by atoms with E-state index in [0.29, 0.717) is 6.42 Å². The van der Waals surface area contributed by atoms with Crippen molar-refractivity contribution in [1.29, 1.82) is 5.26 Å². The summed E-state index contributed by atoms with van der Waals surface area (Å²) < 4.78 is 10.4. The van der Waals surface area contributed by atoms with Gasteiger partial charge in [-0.3, -0.25) is 0 Å². The highest BCUT2D eigenvalue weighted by molar-refractivity contribution is 5.48. The molecule has 0 heterocycles. The van der Waals surface area contributed by atoms with Gasteiger partial charge in [0.05, 0.1) is 18.8 Å². The molecule has 0 saturated carbocycles. The molecule has 0 aliphatic carbocycles. The number of ether oxygens (including phenoxy) is 2. The first kappa shape index (κ1) is 14.3. The summed E-state index contributed by atoms with van der Waals surface area (Å²) in [6.45, 7) is 3.93. The molecular weight excluding hydrogens is 228 g/mol. The van der Waals surface area contributed by atoms with Crippen LogP contribution in [0, 0.1) is 11.3 Å². The number of methoxy groups -OCH3 is 2. The predicted molar refractivity (Wildman–Crippen MR) is 71.7 cm³/mol. The lowest BCUT2D eigenvalue weighted by Gasteiger charge is -2.26. The van der Waals surface area contributed by atoms with E-state index in [2.05, 4.69) is 11.4 Å². The van der Waals surface area contributed by atoms with Crippen molar-refractivity contribution < 1.29 is 9.47 Å². The molecule has 0 saturated heterocycles. The fourth-order valence-electron chi connectivity index (χ4n) is 1.59. The van der Waals surface area contributed by atoms with Crippen molar-refractivity contribution in [3.63, 3.8) is 0 Å². The lowest BCUT2D eigenvalue weighted by molar-refractivity contribution is 0.0148. The second-order valence-electron chi connectivity index (χ2n) is 4.72. The average molecular weight is 248 g/mol. The van der Waals surface area contributed by atoms with Gasteiger partial charge in [-0.1, -0.05) is 0 Å². The highest BCUT2D eigenvalue weighted by Crippen LogP contribution is 2.20. The summed E-state index contributed by atoms with van der Waals surface area (Å²) in [5.74, 6) is 0.797. The number of benzene rings is 1. The maximum absolute atomic E-state index is 9.15. The zero-order valence-electron chi connectivity index (χ0n) is 11.4. The quantitative estimate of drug-likeness (QED) is 0.841. The molecule has 1 aromatic carbocycles. The van der Waals surface area contributed by atoms with Crippen LogP contribution in [0.25, 0.3) is 0 Å². The zero-order chi connectivity index (χ0) is 13.6. The Morgan fingerprint density at radius 1 is 1.28 bits per heavy atom. The van der Waals surface area contributed by atoms with E-state index in [0.717, 1.165) is 11.4 Å². The smallest absolute Gasteiger partial charge is 0.119 e. The molecule has 1 atom stereocenters. The highest BCUT2D eigenvalue weighted by Gasteiger charge is 2.22. The summed E-state index contributed by atoms with van der Waals surface area (Å²) in [6.07, 6.45) is 0.617. The monoisotopic (exact) mass is 248 g/mol. The van der Waals surface area contributed by atoms with E-state index in [1.165, 1.54) is 0 Å². The number of anilines is 1. The number of hydrogen-bond donors (Lipinski definition) is 1. The predicted octanol–water partition coefficient (Wildman–Crippen LogP) is 2.81. The van der Waals surface area contributed by atoms with Gasteiger partial charge in [0, 0.05) is 19.2 Å². The van der Waals surface area contributed by atoms with Gasteiger partial charge in [-0.25, -0.2) is 0 Å². The second-order valence-corrected chi connectivity index (χ2v) is 4.72. The largest absolute Gasteiger partial charge is 0.497 e. The molecule has 1 N–H and O–H groups in total. The van der Waals surface area contributed by atoms with Gasteiger partial charge in [0.15, 0.2) is 0 Å². The van der Waals surface area contributed by atoms with Crippen LogP contribution in [-0.4, -0.2) is 25.9 Å². The first-order chi connectivity index (χ1) is 8.50. The Labute approximate surface area is 109 Å². The normalized spacial score (nSPS) is 12.6. The fourth-order valence-corrected chi connectivity index (χ4v) is 1.59. The van der Waals surface area contributed by atoms with E-state index < -0.39 is 0 Å². The number of rotatable bonds is 6. The van der Waals surface area contributed by atoms with Crippen molar-refractivity contribution in [2.75, 3.05) is 19.5 Å². The molecule has 0 fully saturated rings. The maximum Gasteiger partial charge on any atom is 0.119 e. The molecule has 0 spiro atoms. The molecular formula is C14H20N2O2. The average Bonchev–Trinajstić information content (AvgIpc) is 2.38. The molecule has 0 bridgehead atoms. The lowest BCUT2D eigenvalue weighted by atomic mass is 9.99. The Balaban J connectivity index is 2.65. The van der Waals surface area contributed by atoms with Crippen molar-refractivity contribution in [2.24, 2.45) is 0 Å². The van der Waals surface area contributed by atoms with Gasteiger partial charge < -0.3 is 14.8 Å². The maximum atomic E-state index is 9.15. The lowest BCUT2D eigenvalue weighted by Crippen LogP contribution is -2.32. The van der Waals surface area contributed by atoms with Gasteiger partial charge >= 0.3 is 0 Å². The SMILES string of the molecule is COc1ccc(NC(C#N)CC(C)(C)OC)cc1. The van der Waals surface area contributed by atoms with E-state index in [1.807, 2.05) is 38.1 Å². The molecule has 0 amide bonds. The van der Waals surface area contributed by atoms with Gasteiger partial charge in [-0.15, -0.1) is 0 Å². The van der Waals surface area contributed by atoms with Crippen molar-refractivity contribution in [3.8, 4) is 11.8 Å². The van der Waals surface area contributed by atoms with Crippen LogP contribution >= 0.6 is 0 Å². The molecule has 18 heavy (non-hydrogen) atoms. The minimum absolute atomic E-state index is 0.284. The highest BCUT2D eigenvalue weighted by atomic mass is 16.5. The Kier molecular flexibility index (Phi) is 4.99. The Hall–Kier alpha value is -1.73. The zero-order valence-corrected chi connectivity index (χ0v) is 11.4. The first-order valence-electron chi connectivity index (χ1n) is 5.86. The second kappa shape index (κ2) is 6.27. The molecule has 4 heteroatoms. The number of nitrogens with one attached hydrogen (secondary N) is 1. The standard InChI is InChI=1S/C14H20N2O2/c1-14(2,18-4)9-12(10-15)16-11-5-7-13(17-3)8-6-11/h5-8,12,16H,9H2,1-4H3. The van der Waals surface area contributed by atoms with Crippen molar-refractivity contribution in [2.45, 2.75) is 31.9 Å². The Morgan fingerprint density at radius 2 is 1.89 bits per heavy atom. The van der Waals surface area contributed by atoms with Crippen LogP contribution < -0.4 is 10.1 Å². The van der Waals surface area contributed by atoms with Crippen LogP contribution in [0.2, 0.25) is 0 Å². The number of hydrogen-bond acceptors (Lipinski definition) is 4. The summed E-state index contributed by atoms with van der Waals surface area (Å²) in [5.41, 5.74) is 0.578. The third-order valence-electron chi connectivity index (χ3n) is 2.84. The molecule has 98 valence electrons. The molecule has 0 aromatic heterocycles. The number of nitrogens with zero attached hydrogens (tertiary/aromatic N) is 1. The van der Waals surface area contributed by atoms with E-state index in [4.69, 9.17) is 14.7 Å². The molecule has 1 aromatic rings. The van der Waals surface area contributed by atoms with E-state index >= 15 is 0 Å². The van der Waals surface area contributed by atoms with Crippen molar-refractivity contribution in [3.05, 3.63) is 24.3 Å². The van der Waals surface area contributed by atoms with Crippen molar-refractivity contribution in [1.82, 2.24) is 0 Å². The van der Waals surface area contributed by atoms with E-state index in [-0.39, 0.29) is 11.6 Å². The Morgan fingerprint density at radius 3 is 2.33 bits per heavy atom. The van der Waals surface area contributed by atoms with Gasteiger partial charge in [0.2, 0.25) is 0 Å². The van der Waals surface area contributed by atoms with E-state index in [1.54, 1.807) is 14.2 Å².